The molecule has 7 heteroatoms. The standard InChI is InChI=1S/C21H16N2O4S/c24-20-14-28-21(18-8-4-5-9-19(18)23(25)26)22(20)15-10-12-17(13-11-15)27-16-6-2-1-3-7-16/h1-13,21H,14H2/t21-/m0/s1. The van der Waals surface area contributed by atoms with E-state index in [0.29, 0.717) is 17.0 Å². The number of thioether (sulfide) groups is 1. The van der Waals surface area contributed by atoms with Crippen molar-refractivity contribution in [2.75, 3.05) is 10.7 Å². The van der Waals surface area contributed by atoms with Crippen LogP contribution in [0.5, 0.6) is 11.5 Å². The minimum Gasteiger partial charge on any atom is -0.457 e. The Morgan fingerprint density at radius 1 is 0.929 bits per heavy atom. The van der Waals surface area contributed by atoms with Gasteiger partial charge >= 0.3 is 0 Å². The average molecular weight is 392 g/mol. The molecule has 4 rings (SSSR count). The zero-order chi connectivity index (χ0) is 19.5. The molecule has 28 heavy (non-hydrogen) atoms. The van der Waals surface area contributed by atoms with Crippen molar-refractivity contribution in [1.29, 1.82) is 0 Å². The van der Waals surface area contributed by atoms with Crippen molar-refractivity contribution in [3.8, 4) is 11.5 Å². The Hall–Kier alpha value is -3.32. The monoisotopic (exact) mass is 392 g/mol. The Morgan fingerprint density at radius 3 is 2.29 bits per heavy atom. The van der Waals surface area contributed by atoms with Gasteiger partial charge in [0.2, 0.25) is 5.91 Å². The molecule has 0 saturated carbocycles. The third kappa shape index (κ3) is 3.57. The Morgan fingerprint density at radius 2 is 1.57 bits per heavy atom. The van der Waals surface area contributed by atoms with Gasteiger partial charge in [0, 0.05) is 11.8 Å². The van der Waals surface area contributed by atoms with E-state index in [1.807, 2.05) is 30.3 Å². The molecule has 3 aromatic rings. The van der Waals surface area contributed by atoms with Gasteiger partial charge in [0.1, 0.15) is 16.9 Å². The van der Waals surface area contributed by atoms with Gasteiger partial charge in [0.05, 0.1) is 16.2 Å². The van der Waals surface area contributed by atoms with Gasteiger partial charge in [-0.05, 0) is 42.5 Å². The highest BCUT2D eigenvalue weighted by atomic mass is 32.2. The summed E-state index contributed by atoms with van der Waals surface area (Å²) in [7, 11) is 0. The number of rotatable bonds is 5. The van der Waals surface area contributed by atoms with Gasteiger partial charge in [-0.2, -0.15) is 0 Å². The maximum atomic E-state index is 12.5. The SMILES string of the molecule is O=C1CS[C@@H](c2ccccc2[N+](=O)[O-])N1c1ccc(Oc2ccccc2)cc1. The normalized spacial score (nSPS) is 16.2. The van der Waals surface area contributed by atoms with Crippen LogP contribution in [0.3, 0.4) is 0 Å². The van der Waals surface area contributed by atoms with Gasteiger partial charge in [-0.1, -0.05) is 30.3 Å². The Kier molecular flexibility index (Phi) is 4.99. The molecule has 0 spiro atoms. The smallest absolute Gasteiger partial charge is 0.275 e. The molecule has 1 aliphatic rings. The zero-order valence-corrected chi connectivity index (χ0v) is 15.5. The topological polar surface area (TPSA) is 72.7 Å². The summed E-state index contributed by atoms with van der Waals surface area (Å²) in [4.78, 5) is 25.1. The van der Waals surface area contributed by atoms with E-state index in [9.17, 15) is 14.9 Å². The van der Waals surface area contributed by atoms with Gasteiger partial charge in [-0.3, -0.25) is 19.8 Å². The summed E-state index contributed by atoms with van der Waals surface area (Å²) in [6, 6.07) is 23.1. The third-order valence-corrected chi connectivity index (χ3v) is 5.56. The highest BCUT2D eigenvalue weighted by Gasteiger charge is 2.37. The third-order valence-electron chi connectivity index (χ3n) is 4.36. The molecule has 3 aromatic carbocycles. The fraction of sp³-hybridized carbons (Fsp3) is 0.0952. The van der Waals surface area contributed by atoms with Gasteiger partial charge in [0.15, 0.2) is 0 Å². The van der Waals surface area contributed by atoms with Crippen molar-refractivity contribution in [2.45, 2.75) is 5.37 Å². The molecule has 0 aliphatic carbocycles. The molecule has 0 unspecified atom stereocenters. The maximum absolute atomic E-state index is 12.5. The number of nitro groups is 1. The van der Waals surface area contributed by atoms with E-state index < -0.39 is 10.3 Å². The van der Waals surface area contributed by atoms with Crippen molar-refractivity contribution in [2.24, 2.45) is 0 Å². The summed E-state index contributed by atoms with van der Waals surface area (Å²) in [6.07, 6.45) is 0. The van der Waals surface area contributed by atoms with Crippen molar-refractivity contribution < 1.29 is 14.5 Å². The van der Waals surface area contributed by atoms with E-state index >= 15 is 0 Å². The van der Waals surface area contributed by atoms with E-state index in [1.54, 1.807) is 47.4 Å². The number of carbonyl (C=O) groups is 1. The van der Waals surface area contributed by atoms with E-state index in [1.165, 1.54) is 17.8 Å². The van der Waals surface area contributed by atoms with Crippen LogP contribution in [-0.4, -0.2) is 16.6 Å². The molecule has 1 atom stereocenters. The lowest BCUT2D eigenvalue weighted by Gasteiger charge is -2.24. The fourth-order valence-electron chi connectivity index (χ4n) is 3.10. The minimum absolute atomic E-state index is 0.0173. The van der Waals surface area contributed by atoms with Gasteiger partial charge in [-0.15, -0.1) is 11.8 Å². The Labute approximate surface area is 165 Å². The first kappa shape index (κ1) is 18.1. The predicted octanol–water partition coefficient (Wildman–Crippen LogP) is 5.17. The summed E-state index contributed by atoms with van der Waals surface area (Å²) in [5.41, 5.74) is 1.22. The number of hydrogen-bond donors (Lipinski definition) is 0. The highest BCUT2D eigenvalue weighted by Crippen LogP contribution is 2.44. The summed E-state index contributed by atoms with van der Waals surface area (Å²) >= 11 is 1.39. The molecule has 0 bridgehead atoms. The number of ether oxygens (including phenoxy) is 1. The number of anilines is 1. The van der Waals surface area contributed by atoms with Gasteiger partial charge < -0.3 is 4.74 Å². The van der Waals surface area contributed by atoms with Crippen molar-refractivity contribution in [3.05, 3.63) is 94.5 Å². The van der Waals surface area contributed by atoms with Crippen molar-refractivity contribution >= 4 is 29.0 Å². The molecule has 0 aromatic heterocycles. The molecular formula is C21H16N2O4S. The highest BCUT2D eigenvalue weighted by molar-refractivity contribution is 8.00. The quantitative estimate of drug-likeness (QED) is 0.443. The second-order valence-corrected chi connectivity index (χ2v) is 7.22. The number of nitrogens with zero attached hydrogens (tertiary/aromatic N) is 2. The molecule has 6 nitrogen and oxygen atoms in total. The number of para-hydroxylation sites is 2. The van der Waals surface area contributed by atoms with Crippen LogP contribution in [0.15, 0.2) is 78.9 Å². The lowest BCUT2D eigenvalue weighted by molar-refractivity contribution is -0.385. The van der Waals surface area contributed by atoms with Crippen LogP contribution in [0.25, 0.3) is 0 Å². The average Bonchev–Trinajstić information content (AvgIpc) is 3.10. The van der Waals surface area contributed by atoms with E-state index in [-0.39, 0.29) is 17.3 Å². The van der Waals surface area contributed by atoms with Crippen LogP contribution in [-0.2, 0) is 4.79 Å². The van der Waals surface area contributed by atoms with Gasteiger partial charge in [0.25, 0.3) is 5.69 Å². The van der Waals surface area contributed by atoms with Crippen LogP contribution in [0.1, 0.15) is 10.9 Å². The van der Waals surface area contributed by atoms with Crippen LogP contribution in [0, 0.1) is 10.1 Å². The first-order valence-corrected chi connectivity index (χ1v) is 9.68. The van der Waals surface area contributed by atoms with Crippen LogP contribution in [0.4, 0.5) is 11.4 Å². The maximum Gasteiger partial charge on any atom is 0.275 e. The second kappa shape index (κ2) is 7.74. The lowest BCUT2D eigenvalue weighted by Crippen LogP contribution is -2.28. The van der Waals surface area contributed by atoms with E-state index in [0.717, 1.165) is 5.75 Å². The summed E-state index contributed by atoms with van der Waals surface area (Å²) in [5.74, 6) is 1.57. The molecule has 1 aliphatic heterocycles. The Bertz CT molecular complexity index is 1010. The molecular weight excluding hydrogens is 376 g/mol. The summed E-state index contributed by atoms with van der Waals surface area (Å²) in [5, 5.41) is 11.0. The molecule has 0 radical (unpaired) electrons. The number of hydrogen-bond acceptors (Lipinski definition) is 5. The first-order valence-electron chi connectivity index (χ1n) is 8.63. The molecule has 1 heterocycles. The molecule has 1 amide bonds. The first-order chi connectivity index (χ1) is 13.6. The Balaban J connectivity index is 1.62. The van der Waals surface area contributed by atoms with E-state index in [2.05, 4.69) is 0 Å². The van der Waals surface area contributed by atoms with Crippen molar-refractivity contribution in [1.82, 2.24) is 0 Å². The van der Waals surface area contributed by atoms with Crippen molar-refractivity contribution in [3.63, 3.8) is 0 Å². The van der Waals surface area contributed by atoms with E-state index in [4.69, 9.17) is 4.74 Å². The zero-order valence-electron chi connectivity index (χ0n) is 14.7. The largest absolute Gasteiger partial charge is 0.457 e. The number of amides is 1. The van der Waals surface area contributed by atoms with Crippen LogP contribution < -0.4 is 9.64 Å². The van der Waals surface area contributed by atoms with Crippen LogP contribution >= 0.6 is 11.8 Å². The van der Waals surface area contributed by atoms with Crippen LogP contribution in [0.2, 0.25) is 0 Å². The summed E-state index contributed by atoms with van der Waals surface area (Å²) < 4.78 is 5.79. The minimum atomic E-state index is -0.435. The summed E-state index contributed by atoms with van der Waals surface area (Å²) in [6.45, 7) is 0. The second-order valence-electron chi connectivity index (χ2n) is 6.15. The molecule has 1 fully saturated rings. The number of benzene rings is 3. The fourth-order valence-corrected chi connectivity index (χ4v) is 4.30. The number of carbonyl (C=O) groups excluding carboxylic acids is 1. The molecule has 1 saturated heterocycles. The predicted molar refractivity (Wildman–Crippen MR) is 109 cm³/mol. The molecule has 0 N–H and O–H groups in total. The number of nitro benzene ring substituents is 1. The van der Waals surface area contributed by atoms with Gasteiger partial charge in [-0.25, -0.2) is 0 Å². The lowest BCUT2D eigenvalue weighted by atomic mass is 10.1. The molecule has 140 valence electrons.